The fourth-order valence-corrected chi connectivity index (χ4v) is 4.71. The molecule has 2 amide bonds. The van der Waals surface area contributed by atoms with Gasteiger partial charge in [0.2, 0.25) is 11.7 Å². The number of thiazole rings is 1. The van der Waals surface area contributed by atoms with Crippen LogP contribution in [0.15, 0.2) is 52.5 Å². The van der Waals surface area contributed by atoms with Crippen molar-refractivity contribution in [1.82, 2.24) is 15.0 Å². The molecular formula is C25H23N5O3S. The van der Waals surface area contributed by atoms with Gasteiger partial charge in [0.1, 0.15) is 0 Å². The second-order valence-electron chi connectivity index (χ2n) is 8.05. The largest absolute Gasteiger partial charge is 0.435 e. The molecule has 3 aromatic heterocycles. The molecule has 0 saturated heterocycles. The number of oxazole rings is 1. The first-order chi connectivity index (χ1) is 16.5. The monoisotopic (exact) mass is 473 g/mol. The van der Waals surface area contributed by atoms with Crippen molar-refractivity contribution >= 4 is 34.0 Å². The summed E-state index contributed by atoms with van der Waals surface area (Å²) in [5.74, 6) is 0.491. The minimum Gasteiger partial charge on any atom is -0.435 e. The summed E-state index contributed by atoms with van der Waals surface area (Å²) >= 11 is 1.35. The Balaban J connectivity index is 1.35. The summed E-state index contributed by atoms with van der Waals surface area (Å²) in [5, 5.41) is 5.20. The van der Waals surface area contributed by atoms with Gasteiger partial charge in [-0.25, -0.2) is 9.97 Å². The Morgan fingerprint density at radius 2 is 2.12 bits per heavy atom. The number of amides is 2. The van der Waals surface area contributed by atoms with E-state index in [2.05, 4.69) is 26.3 Å². The van der Waals surface area contributed by atoms with E-state index in [0.29, 0.717) is 42.5 Å². The summed E-state index contributed by atoms with van der Waals surface area (Å²) < 4.78 is 5.53. The smallest absolute Gasteiger partial charge is 0.295 e. The van der Waals surface area contributed by atoms with E-state index < -0.39 is 0 Å². The van der Waals surface area contributed by atoms with Gasteiger partial charge in [-0.2, -0.15) is 0 Å². The fraction of sp³-hybridized carbons (Fsp3) is 0.240. The number of pyridine rings is 1. The van der Waals surface area contributed by atoms with E-state index in [4.69, 9.17) is 4.42 Å². The molecular weight excluding hydrogens is 450 g/mol. The van der Waals surface area contributed by atoms with Crippen LogP contribution in [-0.4, -0.2) is 26.8 Å². The molecule has 172 valence electrons. The number of aromatic nitrogens is 3. The third kappa shape index (κ3) is 4.34. The molecule has 34 heavy (non-hydrogen) atoms. The number of rotatable bonds is 6. The minimum atomic E-state index is -0.361. The Hall–Kier alpha value is -3.85. The summed E-state index contributed by atoms with van der Waals surface area (Å²) in [7, 11) is 0. The number of carbonyl (C=O) groups excluding carboxylic acids is 2. The van der Waals surface area contributed by atoms with Crippen molar-refractivity contribution in [2.75, 3.05) is 10.2 Å². The molecule has 0 saturated carbocycles. The number of hydrogen-bond donors (Lipinski definition) is 1. The fourth-order valence-electron chi connectivity index (χ4n) is 4.00. The molecule has 0 fully saturated rings. The zero-order valence-electron chi connectivity index (χ0n) is 18.9. The SMILES string of the molecule is CCc1nc(C)c(C(=O)Nc2nc(-c3ccc4c(c3)CCC(=O)N4Cc3cccnc3)cs2)o1. The Labute approximate surface area is 200 Å². The Morgan fingerprint density at radius 1 is 1.24 bits per heavy atom. The van der Waals surface area contributed by atoms with Crippen molar-refractivity contribution in [3.63, 3.8) is 0 Å². The van der Waals surface area contributed by atoms with Crippen LogP contribution in [-0.2, 0) is 24.2 Å². The molecule has 4 heterocycles. The van der Waals surface area contributed by atoms with Crippen LogP contribution in [0.4, 0.5) is 10.8 Å². The lowest BCUT2D eigenvalue weighted by atomic mass is 9.97. The Kier molecular flexibility index (Phi) is 5.93. The van der Waals surface area contributed by atoms with Gasteiger partial charge in [-0.3, -0.25) is 19.9 Å². The number of carbonyl (C=O) groups is 2. The molecule has 9 heteroatoms. The van der Waals surface area contributed by atoms with Crippen LogP contribution in [0, 0.1) is 6.92 Å². The summed E-state index contributed by atoms with van der Waals surface area (Å²) in [6.07, 6.45) is 5.28. The molecule has 0 radical (unpaired) electrons. The van der Waals surface area contributed by atoms with Gasteiger partial charge in [0.25, 0.3) is 5.91 Å². The van der Waals surface area contributed by atoms with Gasteiger partial charge in [-0.1, -0.05) is 19.1 Å². The highest BCUT2D eigenvalue weighted by molar-refractivity contribution is 7.14. The van der Waals surface area contributed by atoms with E-state index in [0.717, 1.165) is 28.1 Å². The third-order valence-electron chi connectivity index (χ3n) is 5.71. The van der Waals surface area contributed by atoms with Gasteiger partial charge >= 0.3 is 0 Å². The van der Waals surface area contributed by atoms with Crippen molar-refractivity contribution < 1.29 is 14.0 Å². The second-order valence-corrected chi connectivity index (χ2v) is 8.91. The van der Waals surface area contributed by atoms with Crippen LogP contribution < -0.4 is 10.2 Å². The number of aryl methyl sites for hydroxylation is 3. The highest BCUT2D eigenvalue weighted by atomic mass is 32.1. The summed E-state index contributed by atoms with van der Waals surface area (Å²) in [5.41, 5.74) is 5.27. The third-order valence-corrected chi connectivity index (χ3v) is 6.47. The van der Waals surface area contributed by atoms with E-state index >= 15 is 0 Å². The van der Waals surface area contributed by atoms with Gasteiger partial charge in [0, 0.05) is 41.9 Å². The van der Waals surface area contributed by atoms with Crippen LogP contribution >= 0.6 is 11.3 Å². The number of hydrogen-bond acceptors (Lipinski definition) is 7. The van der Waals surface area contributed by atoms with Gasteiger partial charge in [0.05, 0.1) is 17.9 Å². The molecule has 5 rings (SSSR count). The van der Waals surface area contributed by atoms with E-state index in [1.165, 1.54) is 11.3 Å². The van der Waals surface area contributed by atoms with Crippen molar-refractivity contribution in [1.29, 1.82) is 0 Å². The van der Waals surface area contributed by atoms with Gasteiger partial charge in [-0.05, 0) is 42.7 Å². The normalized spacial score (nSPS) is 13.1. The average Bonchev–Trinajstić information content (AvgIpc) is 3.47. The highest BCUT2D eigenvalue weighted by Gasteiger charge is 2.25. The van der Waals surface area contributed by atoms with Crippen LogP contribution in [0.25, 0.3) is 11.3 Å². The van der Waals surface area contributed by atoms with Crippen molar-refractivity contribution in [2.24, 2.45) is 0 Å². The minimum absolute atomic E-state index is 0.108. The van der Waals surface area contributed by atoms with Crippen molar-refractivity contribution in [3.8, 4) is 11.3 Å². The molecule has 1 aliphatic heterocycles. The molecule has 1 N–H and O–H groups in total. The first-order valence-corrected chi connectivity index (χ1v) is 12.0. The molecule has 0 atom stereocenters. The Bertz CT molecular complexity index is 1360. The predicted octanol–water partition coefficient (Wildman–Crippen LogP) is 4.80. The average molecular weight is 474 g/mol. The molecule has 1 aromatic carbocycles. The lowest BCUT2D eigenvalue weighted by Crippen LogP contribution is -2.34. The Morgan fingerprint density at radius 3 is 2.88 bits per heavy atom. The zero-order valence-corrected chi connectivity index (χ0v) is 19.7. The maximum absolute atomic E-state index is 12.6. The van der Waals surface area contributed by atoms with Crippen molar-refractivity contribution in [3.05, 3.63) is 76.6 Å². The molecule has 4 aromatic rings. The topological polar surface area (TPSA) is 101 Å². The van der Waals surface area contributed by atoms with Crippen molar-refractivity contribution in [2.45, 2.75) is 39.7 Å². The lowest BCUT2D eigenvalue weighted by Gasteiger charge is -2.29. The van der Waals surface area contributed by atoms with Gasteiger partial charge in [-0.15, -0.1) is 11.3 Å². The van der Waals surface area contributed by atoms with Crippen LogP contribution in [0.1, 0.15) is 46.6 Å². The number of nitrogens with one attached hydrogen (secondary N) is 1. The summed E-state index contributed by atoms with van der Waals surface area (Å²) in [4.78, 5) is 40.0. The van der Waals surface area contributed by atoms with Gasteiger partial charge in [0.15, 0.2) is 11.0 Å². The molecule has 0 unspecified atom stereocenters. The molecule has 0 spiro atoms. The standard InChI is InChI=1S/C25H23N5O3S/c1-3-21-27-15(2)23(33-21)24(32)29-25-28-19(14-34-25)17-6-8-20-18(11-17)7-9-22(31)30(20)13-16-5-4-10-26-12-16/h4-6,8,10-12,14H,3,7,9,13H2,1-2H3,(H,28,29,32). The number of anilines is 2. The summed E-state index contributed by atoms with van der Waals surface area (Å²) in [6.45, 7) is 4.17. The van der Waals surface area contributed by atoms with Gasteiger partial charge < -0.3 is 9.32 Å². The van der Waals surface area contributed by atoms with E-state index in [9.17, 15) is 9.59 Å². The first-order valence-electron chi connectivity index (χ1n) is 11.1. The first kappa shape index (κ1) is 22.0. The maximum atomic E-state index is 12.6. The highest BCUT2D eigenvalue weighted by Crippen LogP contribution is 2.34. The number of benzene rings is 1. The van der Waals surface area contributed by atoms with E-state index in [1.54, 1.807) is 19.3 Å². The number of fused-ring (bicyclic) bond motifs is 1. The van der Waals surface area contributed by atoms with E-state index in [-0.39, 0.29) is 17.6 Å². The molecule has 8 nitrogen and oxygen atoms in total. The van der Waals surface area contributed by atoms with Crippen LogP contribution in [0.3, 0.4) is 0 Å². The van der Waals surface area contributed by atoms with E-state index in [1.807, 2.05) is 41.5 Å². The lowest BCUT2D eigenvalue weighted by molar-refractivity contribution is -0.119. The van der Waals surface area contributed by atoms with Crippen LogP contribution in [0.2, 0.25) is 0 Å². The maximum Gasteiger partial charge on any atom is 0.295 e. The van der Waals surface area contributed by atoms with Crippen LogP contribution in [0.5, 0.6) is 0 Å². The quantitative estimate of drug-likeness (QED) is 0.432. The second kappa shape index (κ2) is 9.18. The number of nitrogens with zero attached hydrogens (tertiary/aromatic N) is 4. The zero-order chi connectivity index (χ0) is 23.7. The summed E-state index contributed by atoms with van der Waals surface area (Å²) in [6, 6.07) is 9.85. The molecule has 1 aliphatic rings. The molecule has 0 aliphatic carbocycles. The predicted molar refractivity (Wildman–Crippen MR) is 130 cm³/mol. The molecule has 0 bridgehead atoms.